The Kier molecular flexibility index (Phi) is 4.28. The Bertz CT molecular complexity index is 663. The van der Waals surface area contributed by atoms with Crippen LogP contribution in [0.1, 0.15) is 5.82 Å². The molecule has 2 aromatic rings. The largest absolute Gasteiger partial charge is 0.358 e. The second-order valence-electron chi connectivity index (χ2n) is 3.30. The van der Waals surface area contributed by atoms with E-state index in [1.165, 1.54) is 18.3 Å². The van der Waals surface area contributed by atoms with Crippen LogP contribution in [0.4, 0.5) is 10.1 Å². The summed E-state index contributed by atoms with van der Waals surface area (Å²) in [7, 11) is 0. The maximum Gasteiger partial charge on any atom is 0.216 e. The summed E-state index contributed by atoms with van der Waals surface area (Å²) in [5.41, 5.74) is 0.322. The third-order valence-corrected chi connectivity index (χ3v) is 3.61. The molecule has 2 rings (SSSR count). The lowest BCUT2D eigenvalue weighted by molar-refractivity contribution is 0.631. The van der Waals surface area contributed by atoms with Crippen molar-refractivity contribution in [2.75, 3.05) is 5.32 Å². The van der Waals surface area contributed by atoms with Crippen LogP contribution >= 0.6 is 34.2 Å². The molecule has 0 spiro atoms. The van der Waals surface area contributed by atoms with E-state index in [9.17, 15) is 4.39 Å². The van der Waals surface area contributed by atoms with Gasteiger partial charge in [-0.05, 0) is 39.9 Å². The van der Waals surface area contributed by atoms with Gasteiger partial charge >= 0.3 is 0 Å². The summed E-state index contributed by atoms with van der Waals surface area (Å²) in [5, 5.41) is 24.8. The summed E-state index contributed by atoms with van der Waals surface area (Å²) in [5.74, 6) is -0.397. The van der Waals surface area contributed by atoms with E-state index in [4.69, 9.17) is 16.9 Å². The number of H-pyrrole nitrogens is 1. The zero-order chi connectivity index (χ0) is 13.8. The van der Waals surface area contributed by atoms with Gasteiger partial charge in [-0.15, -0.1) is 10.2 Å². The number of nitrogens with one attached hydrogen (secondary N) is 2. The molecule has 0 saturated heterocycles. The zero-order valence-corrected chi connectivity index (χ0v) is 12.1. The van der Waals surface area contributed by atoms with E-state index in [2.05, 4.69) is 25.9 Å². The van der Waals surface area contributed by atoms with E-state index in [1.807, 2.05) is 28.7 Å². The van der Waals surface area contributed by atoms with E-state index in [-0.39, 0.29) is 17.1 Å². The number of hydrogen-bond donors (Lipinski definition) is 2. The number of anilines is 1. The molecular formula is C10H5ClFIN6. The van der Waals surface area contributed by atoms with E-state index in [1.54, 1.807) is 0 Å². The molecule has 0 aliphatic rings. The third-order valence-electron chi connectivity index (χ3n) is 2.09. The van der Waals surface area contributed by atoms with Crippen LogP contribution in [-0.2, 0) is 0 Å². The van der Waals surface area contributed by atoms with Crippen molar-refractivity contribution in [1.82, 2.24) is 20.6 Å². The number of allylic oxidation sites excluding steroid dienone is 1. The number of aromatic nitrogens is 4. The number of aromatic amines is 1. The highest BCUT2D eigenvalue weighted by molar-refractivity contribution is 14.1. The second-order valence-corrected chi connectivity index (χ2v) is 4.87. The van der Waals surface area contributed by atoms with Crippen LogP contribution in [0.2, 0.25) is 5.02 Å². The summed E-state index contributed by atoms with van der Waals surface area (Å²) in [6, 6.07) is 4.61. The Morgan fingerprint density at radius 1 is 1.58 bits per heavy atom. The molecule has 1 aromatic carbocycles. The number of tetrazole rings is 1. The van der Waals surface area contributed by atoms with Gasteiger partial charge in [-0.25, -0.2) is 4.39 Å². The smallest absolute Gasteiger partial charge is 0.216 e. The van der Waals surface area contributed by atoms with Crippen molar-refractivity contribution in [3.63, 3.8) is 0 Å². The Morgan fingerprint density at radius 2 is 2.37 bits per heavy atom. The fourth-order valence-corrected chi connectivity index (χ4v) is 1.82. The summed E-state index contributed by atoms with van der Waals surface area (Å²) < 4.78 is 14.3. The first kappa shape index (κ1) is 13.7. The minimum atomic E-state index is -0.521. The van der Waals surface area contributed by atoms with Crippen LogP contribution < -0.4 is 5.32 Å². The van der Waals surface area contributed by atoms with Gasteiger partial charge in [-0.1, -0.05) is 11.6 Å². The number of nitrogens with zero attached hydrogens (tertiary/aromatic N) is 4. The maximum absolute atomic E-state index is 13.6. The molecule has 0 fully saturated rings. The van der Waals surface area contributed by atoms with Crippen LogP contribution in [0.3, 0.4) is 0 Å². The molecule has 0 amide bonds. The molecule has 0 radical (unpaired) electrons. The van der Waals surface area contributed by atoms with Gasteiger partial charge in [0.2, 0.25) is 5.82 Å². The molecule has 6 nitrogen and oxygen atoms in total. The van der Waals surface area contributed by atoms with E-state index in [0.717, 1.165) is 0 Å². The zero-order valence-electron chi connectivity index (χ0n) is 9.15. The number of rotatable bonds is 3. The lowest BCUT2D eigenvalue weighted by Gasteiger charge is -2.05. The fraction of sp³-hybridized carbons (Fsp3) is 0. The number of hydrogen-bond acceptors (Lipinski definition) is 5. The molecule has 0 atom stereocenters. The van der Waals surface area contributed by atoms with Gasteiger partial charge in [0.25, 0.3) is 0 Å². The number of halogens is 3. The monoisotopic (exact) mass is 390 g/mol. The van der Waals surface area contributed by atoms with E-state index >= 15 is 0 Å². The van der Waals surface area contributed by atoms with Crippen LogP contribution in [0.5, 0.6) is 0 Å². The maximum atomic E-state index is 13.6. The van der Waals surface area contributed by atoms with Crippen LogP contribution in [0.25, 0.3) is 5.57 Å². The predicted octanol–water partition coefficient (Wildman–Crippen LogP) is 2.57. The second kappa shape index (κ2) is 5.94. The highest BCUT2D eigenvalue weighted by atomic mass is 127. The summed E-state index contributed by atoms with van der Waals surface area (Å²) in [6.45, 7) is 0. The first-order chi connectivity index (χ1) is 9.11. The van der Waals surface area contributed by atoms with Crippen molar-refractivity contribution in [3.8, 4) is 6.07 Å². The lowest BCUT2D eigenvalue weighted by atomic mass is 10.3. The average Bonchev–Trinajstić information content (AvgIpc) is 2.90. The summed E-state index contributed by atoms with van der Waals surface area (Å²) in [4.78, 5) is 0. The minimum Gasteiger partial charge on any atom is -0.358 e. The molecule has 0 unspecified atom stereocenters. The van der Waals surface area contributed by atoms with Crippen molar-refractivity contribution in [2.45, 2.75) is 0 Å². The molecule has 1 heterocycles. The van der Waals surface area contributed by atoms with Crippen LogP contribution in [-0.4, -0.2) is 20.6 Å². The van der Waals surface area contributed by atoms with Gasteiger partial charge < -0.3 is 5.32 Å². The van der Waals surface area contributed by atoms with Crippen molar-refractivity contribution >= 4 is 45.5 Å². The highest BCUT2D eigenvalue weighted by Crippen LogP contribution is 2.25. The molecule has 2 N–H and O–H groups in total. The standard InChI is InChI=1S/C10H5ClFIN6/c11-6-1-7(12)9(2-8(6)13)15-4-5(3-14)10-16-18-19-17-10/h1-2,4,15H,(H,16,17,18,19). The van der Waals surface area contributed by atoms with Gasteiger partial charge in [0.05, 0.1) is 10.7 Å². The van der Waals surface area contributed by atoms with Crippen LogP contribution in [0, 0.1) is 20.7 Å². The highest BCUT2D eigenvalue weighted by Gasteiger charge is 2.08. The molecule has 0 aliphatic carbocycles. The molecule has 9 heteroatoms. The Labute approximate surface area is 125 Å². The first-order valence-electron chi connectivity index (χ1n) is 4.87. The van der Waals surface area contributed by atoms with Gasteiger partial charge in [0, 0.05) is 9.77 Å². The summed E-state index contributed by atoms with van der Waals surface area (Å²) >= 11 is 7.76. The van der Waals surface area contributed by atoms with Gasteiger partial charge in [-0.2, -0.15) is 10.5 Å². The first-order valence-corrected chi connectivity index (χ1v) is 6.32. The quantitative estimate of drug-likeness (QED) is 0.478. The Balaban J connectivity index is 2.27. The van der Waals surface area contributed by atoms with Gasteiger partial charge in [0.1, 0.15) is 17.5 Å². The minimum absolute atomic E-state index is 0.123. The van der Waals surface area contributed by atoms with Gasteiger partial charge in [-0.3, -0.25) is 0 Å². The molecule has 0 bridgehead atoms. The fourth-order valence-electron chi connectivity index (χ4n) is 1.21. The summed E-state index contributed by atoms with van der Waals surface area (Å²) in [6.07, 6.45) is 1.30. The van der Waals surface area contributed by atoms with E-state index < -0.39 is 5.82 Å². The van der Waals surface area contributed by atoms with Crippen molar-refractivity contribution < 1.29 is 4.39 Å². The van der Waals surface area contributed by atoms with E-state index in [0.29, 0.717) is 8.59 Å². The molecule has 96 valence electrons. The third kappa shape index (κ3) is 3.18. The molecule has 0 saturated carbocycles. The van der Waals surface area contributed by atoms with Gasteiger partial charge in [0.15, 0.2) is 0 Å². The number of benzene rings is 1. The molecular weight excluding hydrogens is 386 g/mol. The average molecular weight is 391 g/mol. The molecule has 0 aliphatic heterocycles. The SMILES string of the molecule is N#CC(=CNc1cc(I)c(Cl)cc1F)c1nn[nH]n1. The Morgan fingerprint density at radius 3 is 3.00 bits per heavy atom. The Hall–Kier alpha value is -1.73. The van der Waals surface area contributed by atoms with Crippen molar-refractivity contribution in [3.05, 3.63) is 38.6 Å². The van der Waals surface area contributed by atoms with Crippen LogP contribution in [0.15, 0.2) is 18.3 Å². The lowest BCUT2D eigenvalue weighted by Crippen LogP contribution is -1.96. The number of nitriles is 1. The normalized spacial score (nSPS) is 11.2. The van der Waals surface area contributed by atoms with Crippen molar-refractivity contribution in [1.29, 1.82) is 5.26 Å². The molecule has 1 aromatic heterocycles. The molecule has 19 heavy (non-hydrogen) atoms. The predicted molar refractivity (Wildman–Crippen MR) is 75.5 cm³/mol. The van der Waals surface area contributed by atoms with Crippen molar-refractivity contribution in [2.24, 2.45) is 0 Å². The topological polar surface area (TPSA) is 90.3 Å².